The van der Waals surface area contributed by atoms with Gasteiger partial charge >= 0.3 is 102 Å². The predicted molar refractivity (Wildman–Crippen MR) is 413 cm³/mol. The van der Waals surface area contributed by atoms with E-state index in [1.54, 1.807) is 78.2 Å². The standard InChI is InChI=1S/C12H30NO5Si2.C12H31NO2Si2.C12H30NO2Si2.2C11H27NO5Si2.2CH3.4Li/c1-16-20(17-2,18-3)10-6-8-13-7-5-9-19(4,11-14)12-15;2*1-15-17(4,5)11-7-9-13-8-6-10-16(2,3)12-14;2*1-14-18(11-13)9-5-7-12(18)8-6-10-19(15-2,16-3)17-4;;;;;;/h14-15H,5-12H2,1-4H3;13-14H,6-12H2,1-5H3;14H,6-12H2,1-5H3;2*13H,5-11H2,1-4H3;2*1H3;;;;/q-1;;-1;;;2*-1;4*+1. The molecule has 0 saturated carbocycles. The molecule has 0 spiro atoms. The van der Waals surface area contributed by atoms with Crippen LogP contribution in [0.1, 0.15) is 64.2 Å². The monoisotopic (exact) mass is 1550 g/mol. The largest absolute Gasteiger partial charge is 1.00 e. The first kappa shape index (κ1) is 120. The summed E-state index contributed by atoms with van der Waals surface area (Å²) in [6.07, 6.45) is 12.1. The third-order valence-corrected chi connectivity index (χ3v) is 48.3. The van der Waals surface area contributed by atoms with Gasteiger partial charge in [0.05, 0.1) is 28.6 Å². The van der Waals surface area contributed by atoms with E-state index in [0.717, 1.165) is 153 Å². The van der Waals surface area contributed by atoms with E-state index in [9.17, 15) is 30.6 Å². The van der Waals surface area contributed by atoms with E-state index < -0.39 is 84.2 Å². The minimum Gasteiger partial charge on any atom is -0.662 e. The molecule has 0 aromatic rings. The molecule has 98 heavy (non-hydrogen) atoms. The summed E-state index contributed by atoms with van der Waals surface area (Å²) in [5, 5.41) is 68.6. The van der Waals surface area contributed by atoms with Gasteiger partial charge in [-0.25, -0.2) is 0 Å². The maximum Gasteiger partial charge on any atom is 1.00 e. The van der Waals surface area contributed by atoms with E-state index in [1.165, 1.54) is 37.0 Å². The molecule has 0 amide bonds. The molecule has 24 nitrogen and oxygen atoms in total. The van der Waals surface area contributed by atoms with Crippen LogP contribution in [0.25, 0.3) is 10.6 Å². The van der Waals surface area contributed by atoms with Crippen molar-refractivity contribution in [2.45, 2.75) is 184 Å². The summed E-state index contributed by atoms with van der Waals surface area (Å²) in [5.74, 6) is 0. The summed E-state index contributed by atoms with van der Waals surface area (Å²) in [5.41, 5.74) is 0. The smallest absolute Gasteiger partial charge is 0.662 e. The van der Waals surface area contributed by atoms with Gasteiger partial charge in [0.1, 0.15) is 8.07 Å². The molecule has 2 heterocycles. The molecular weight excluding hydrogens is 1400 g/mol. The van der Waals surface area contributed by atoms with Crippen molar-refractivity contribution in [2.75, 3.05) is 195 Å². The molecule has 0 bridgehead atoms. The Morgan fingerprint density at radius 2 is 0.633 bits per heavy atom. The molecule has 2 unspecified atom stereocenters. The first-order valence-corrected chi connectivity index (χ1v) is 60.2. The number of hydrogen-bond donors (Lipinski definition) is 7. The molecule has 2 fully saturated rings. The molecule has 2 rings (SSSR count). The molecule has 0 aromatic heterocycles. The molecule has 2 atom stereocenters. The maximum absolute atomic E-state index is 9.61. The Morgan fingerprint density at radius 3 is 0.918 bits per heavy atom. The zero-order valence-corrected chi connectivity index (χ0v) is 78.7. The van der Waals surface area contributed by atoms with E-state index in [4.69, 9.17) is 57.5 Å². The second-order valence-electron chi connectivity index (χ2n) is 27.3. The molecule has 2 aliphatic rings. The van der Waals surface area contributed by atoms with E-state index >= 15 is 0 Å². The van der Waals surface area contributed by atoms with Crippen LogP contribution in [0.3, 0.4) is 0 Å². The average molecular weight is 1560 g/mol. The fourth-order valence-corrected chi connectivity index (χ4v) is 28.4. The van der Waals surface area contributed by atoms with Crippen LogP contribution in [-0.4, -0.2) is 319 Å². The van der Waals surface area contributed by atoms with Crippen LogP contribution in [0, 0.1) is 14.9 Å². The van der Waals surface area contributed by atoms with E-state index in [2.05, 4.69) is 77.5 Å². The van der Waals surface area contributed by atoms with Gasteiger partial charge in [-0.2, -0.15) is 0 Å². The van der Waals surface area contributed by atoms with E-state index in [0.29, 0.717) is 12.5 Å². The number of aliphatic hydroxyl groups excluding tert-OH is 6. The van der Waals surface area contributed by atoms with Crippen LogP contribution in [0.15, 0.2) is 0 Å². The van der Waals surface area contributed by atoms with Crippen molar-refractivity contribution in [1.29, 1.82) is 0 Å². The SMILES string of the molecule is CO[Si](C)(C)CCCNCCC[Si](C)(C)CO.CO[Si](C)(C)CCC[N-]CCC[Si](C)(C)CO.CO[Si](CCCN1CCC[Si]1(CO)OC)(OC)OC.CO[Si](CCCN1CCC[Si]1(CO)OC)(OC)OC.CO[Si](CCC[N-]CCC[Si](C)(CO)CO)(OC)OC.[CH3-].[CH3-].[Li+].[Li+].[Li+].[Li+]. The summed E-state index contributed by atoms with van der Waals surface area (Å²) in [4.78, 5) is 0. The van der Waals surface area contributed by atoms with Gasteiger partial charge in [-0.3, -0.25) is 0 Å². The molecule has 0 aliphatic carbocycles. The summed E-state index contributed by atoms with van der Waals surface area (Å²) >= 11 is 0. The number of nitrogens with one attached hydrogen (secondary N) is 1. The Hall–Kier alpha value is 3.60. The van der Waals surface area contributed by atoms with Crippen molar-refractivity contribution in [3.05, 3.63) is 25.5 Å². The van der Waals surface area contributed by atoms with Crippen molar-refractivity contribution < 1.29 is 164 Å². The van der Waals surface area contributed by atoms with Gasteiger partial charge in [-0.15, -0.1) is 26.2 Å². The quantitative estimate of drug-likeness (QED) is 0.0181. The Morgan fingerprint density at radius 1 is 0.357 bits per heavy atom. The van der Waals surface area contributed by atoms with Crippen LogP contribution >= 0.6 is 0 Å². The molecule has 38 heteroatoms. The molecule has 0 aromatic carbocycles. The second-order valence-corrected chi connectivity index (χ2v) is 68.0. The Bertz CT molecular complexity index is 1570. The third-order valence-electron chi connectivity index (χ3n) is 18.2. The fraction of sp³-hybridized carbons (Fsp3) is 0.967. The zero-order valence-electron chi connectivity index (χ0n) is 68.7. The third kappa shape index (κ3) is 51.9. The van der Waals surface area contributed by atoms with Crippen LogP contribution in [0.5, 0.6) is 0 Å². The number of aliphatic hydroxyl groups is 6. The van der Waals surface area contributed by atoms with Crippen molar-refractivity contribution in [3.63, 3.8) is 0 Å². The topological polar surface area (TPSA) is 288 Å². The predicted octanol–water partition coefficient (Wildman–Crippen LogP) is -3.08. The molecule has 2 saturated heterocycles. The van der Waals surface area contributed by atoms with Crippen LogP contribution in [0.2, 0.25) is 119 Å². The minimum absolute atomic E-state index is 0. The summed E-state index contributed by atoms with van der Waals surface area (Å²) in [6.45, 7) is 29.5. The van der Waals surface area contributed by atoms with Gasteiger partial charge in [-0.1, -0.05) is 76.6 Å². The summed E-state index contributed by atoms with van der Waals surface area (Å²) in [7, 11) is 3.16. The van der Waals surface area contributed by atoms with E-state index in [1.807, 2.05) is 20.8 Å². The molecule has 7 N–H and O–H groups in total. The second kappa shape index (κ2) is 67.5. The first-order chi connectivity index (χ1) is 43.4. The van der Waals surface area contributed by atoms with Gasteiger partial charge in [-0.05, 0) is 128 Å². The van der Waals surface area contributed by atoms with Crippen molar-refractivity contribution in [2.24, 2.45) is 0 Å². The van der Waals surface area contributed by atoms with E-state index in [-0.39, 0.29) is 115 Å². The number of nitrogens with zero attached hydrogens (tertiary/aromatic N) is 4. The Balaban J connectivity index is -0.000000142. The molecule has 0 radical (unpaired) electrons. The Labute approximate surface area is 660 Å². The van der Waals surface area contributed by atoms with Crippen molar-refractivity contribution in [3.8, 4) is 0 Å². The number of rotatable bonds is 51. The van der Waals surface area contributed by atoms with Gasteiger partial charge in [0.25, 0.3) is 17.0 Å². The average Bonchev–Trinajstić information content (AvgIpc) is 1.67. The number of hydrogen-bond acceptors (Lipinski definition) is 22. The normalized spacial score (nSPS) is 16.9. The van der Waals surface area contributed by atoms with Crippen molar-refractivity contribution in [1.82, 2.24) is 14.4 Å². The fourth-order valence-electron chi connectivity index (χ4n) is 10.6. The van der Waals surface area contributed by atoms with Crippen molar-refractivity contribution >= 4 is 84.2 Å². The Kier molecular flexibility index (Phi) is 82.6. The molecule has 2 aliphatic heterocycles. The molecule has 574 valence electrons. The summed E-state index contributed by atoms with van der Waals surface area (Å²) in [6, 6.07) is 10.1. The van der Waals surface area contributed by atoms with Gasteiger partial charge in [0, 0.05) is 135 Å². The first-order valence-electron chi connectivity index (χ1n) is 33.7. The van der Waals surface area contributed by atoms with Crippen LogP contribution < -0.4 is 80.8 Å². The van der Waals surface area contributed by atoms with Crippen LogP contribution in [0.4, 0.5) is 0 Å². The van der Waals surface area contributed by atoms with Crippen LogP contribution in [-0.2, 0) is 57.5 Å². The summed E-state index contributed by atoms with van der Waals surface area (Å²) < 4.78 is 75.5. The molecular formula is C60H151Li4N5O19Si10. The maximum atomic E-state index is 9.61. The van der Waals surface area contributed by atoms with Gasteiger partial charge in [0.2, 0.25) is 0 Å². The van der Waals surface area contributed by atoms with Gasteiger partial charge < -0.3 is 128 Å². The van der Waals surface area contributed by atoms with Gasteiger partial charge in [0.15, 0.2) is 16.6 Å². The minimum atomic E-state index is -2.47. The zero-order chi connectivity index (χ0) is 70.9.